The Kier molecular flexibility index (Phi) is 9.79. The third-order valence-corrected chi connectivity index (χ3v) is 5.65. The van der Waals surface area contributed by atoms with Gasteiger partial charge in [-0.15, -0.1) is 0 Å². The van der Waals surface area contributed by atoms with Crippen LogP contribution in [0.5, 0.6) is 0 Å². The molecule has 0 spiro atoms. The first-order valence-electron chi connectivity index (χ1n) is 11.1. The van der Waals surface area contributed by atoms with Gasteiger partial charge >= 0.3 is 12.2 Å². The van der Waals surface area contributed by atoms with Crippen LogP contribution in [0.15, 0.2) is 0 Å². The monoisotopic (exact) mass is 420 g/mol. The Morgan fingerprint density at radius 1 is 0.733 bits per heavy atom. The van der Waals surface area contributed by atoms with Crippen molar-refractivity contribution in [3.8, 4) is 23.9 Å². The van der Waals surface area contributed by atoms with Crippen LogP contribution < -0.4 is 10.6 Å². The molecule has 3 aliphatic rings. The van der Waals surface area contributed by atoms with E-state index in [9.17, 15) is 9.59 Å². The van der Waals surface area contributed by atoms with E-state index in [0.29, 0.717) is 13.1 Å². The summed E-state index contributed by atoms with van der Waals surface area (Å²) in [5, 5.41) is 5.43. The van der Waals surface area contributed by atoms with Crippen LogP contribution in [-0.4, -0.2) is 86.7 Å². The normalized spacial score (nSPS) is 23.9. The van der Waals surface area contributed by atoms with Gasteiger partial charge in [0.2, 0.25) is 0 Å². The Morgan fingerprint density at radius 2 is 1.10 bits per heavy atom. The molecule has 3 saturated heterocycles. The maximum Gasteiger partial charge on any atom is 0.408 e. The van der Waals surface area contributed by atoms with Gasteiger partial charge < -0.3 is 20.1 Å². The van der Waals surface area contributed by atoms with Crippen LogP contribution >= 0.6 is 0 Å². The van der Waals surface area contributed by atoms with E-state index in [-0.39, 0.29) is 13.2 Å². The first-order valence-corrected chi connectivity index (χ1v) is 11.1. The highest BCUT2D eigenvalue weighted by Crippen LogP contribution is 2.24. The number of hydrogen-bond donors (Lipinski definition) is 2. The van der Waals surface area contributed by atoms with Crippen LogP contribution in [0, 0.1) is 23.9 Å². The topological polar surface area (TPSA) is 76.7 Å². The first-order chi connectivity index (χ1) is 14.5. The largest absolute Gasteiger partial charge is 0.436 e. The fourth-order valence-corrected chi connectivity index (χ4v) is 3.59. The zero-order valence-corrected chi connectivity index (χ0v) is 18.4. The second-order valence-corrected chi connectivity index (χ2v) is 7.92. The number of carbonyl (C=O) groups excluding carboxylic acids is 2. The van der Waals surface area contributed by atoms with Gasteiger partial charge in [0.1, 0.15) is 51.4 Å². The van der Waals surface area contributed by atoms with Crippen molar-refractivity contribution >= 4 is 12.2 Å². The lowest BCUT2D eigenvalue weighted by molar-refractivity contribution is -1.02. The van der Waals surface area contributed by atoms with Gasteiger partial charge in [-0.2, -0.15) is 0 Å². The smallest absolute Gasteiger partial charge is 0.408 e. The number of quaternary nitrogens is 2. The fraction of sp³-hybridized carbons (Fsp3) is 0.727. The molecule has 0 atom stereocenters. The van der Waals surface area contributed by atoms with Crippen molar-refractivity contribution in [3.63, 3.8) is 0 Å². The molecular weight excluding hydrogens is 384 g/mol. The summed E-state index contributed by atoms with van der Waals surface area (Å²) < 4.78 is 11.7. The van der Waals surface area contributed by atoms with E-state index < -0.39 is 12.2 Å². The van der Waals surface area contributed by atoms with Gasteiger partial charge in [0.25, 0.3) is 0 Å². The van der Waals surface area contributed by atoms with Crippen LogP contribution in [0.25, 0.3) is 0 Å². The Bertz CT molecular complexity index is 617. The van der Waals surface area contributed by atoms with Crippen molar-refractivity contribution in [1.29, 1.82) is 0 Å². The summed E-state index contributed by atoms with van der Waals surface area (Å²) in [5.74, 6) is 6.05. The van der Waals surface area contributed by atoms with E-state index in [2.05, 4.69) is 48.4 Å². The summed E-state index contributed by atoms with van der Waals surface area (Å²) in [4.78, 5) is 23.1. The van der Waals surface area contributed by atoms with Gasteiger partial charge in [0.15, 0.2) is 13.2 Å². The van der Waals surface area contributed by atoms with Gasteiger partial charge in [-0.1, -0.05) is 26.7 Å². The number of alkyl carbamates (subject to hydrolysis) is 2. The minimum atomic E-state index is -0.401. The second kappa shape index (κ2) is 12.3. The third kappa shape index (κ3) is 7.78. The molecule has 30 heavy (non-hydrogen) atoms. The van der Waals surface area contributed by atoms with E-state index in [4.69, 9.17) is 9.47 Å². The van der Waals surface area contributed by atoms with Gasteiger partial charge in [-0.3, -0.25) is 0 Å². The standard InChI is InChI=1S/C22H34N4O4/c1-3-5-9-23-21(27)29-19-7-11-25-13-16-26(17-14-25,18-15-25)12-8-20-30-22(28)24-10-6-4-2/h3-6,9-10,13-20H2,1-2H3/p+2. The van der Waals surface area contributed by atoms with Crippen LogP contribution in [0.4, 0.5) is 9.59 Å². The number of piperazine rings is 3. The number of amides is 2. The number of nitrogens with one attached hydrogen (secondary N) is 2. The lowest BCUT2D eigenvalue weighted by Gasteiger charge is -2.48. The molecule has 166 valence electrons. The highest BCUT2D eigenvalue weighted by Gasteiger charge is 2.48. The molecule has 0 saturated carbocycles. The molecule has 0 aliphatic carbocycles. The summed E-state index contributed by atoms with van der Waals surface area (Å²) >= 11 is 0. The van der Waals surface area contributed by atoms with Crippen molar-refractivity contribution in [2.75, 3.05) is 65.6 Å². The molecule has 0 radical (unpaired) electrons. The van der Waals surface area contributed by atoms with E-state index >= 15 is 0 Å². The number of unbranched alkanes of at least 4 members (excludes halogenated alkanes) is 2. The Morgan fingerprint density at radius 3 is 1.43 bits per heavy atom. The minimum absolute atomic E-state index is 0.120. The van der Waals surface area contributed by atoms with Crippen molar-refractivity contribution in [2.24, 2.45) is 0 Å². The number of ether oxygens (including phenoxy) is 2. The predicted octanol–water partition coefficient (Wildman–Crippen LogP) is 1.62. The second-order valence-electron chi connectivity index (χ2n) is 7.92. The molecular formula is C22H36N4O4+2. The Labute approximate surface area is 180 Å². The lowest BCUT2D eigenvalue weighted by atomic mass is 10.1. The summed E-state index contributed by atoms with van der Waals surface area (Å²) in [6, 6.07) is 6.63. The Hall–Kier alpha value is -2.42. The Balaban J connectivity index is 1.70. The number of nitrogens with zero attached hydrogens (tertiary/aromatic N) is 2. The van der Waals surface area contributed by atoms with Crippen molar-refractivity contribution < 1.29 is 28.0 Å². The summed E-state index contributed by atoms with van der Waals surface area (Å²) in [6.07, 6.45) is 3.16. The van der Waals surface area contributed by atoms with Crippen molar-refractivity contribution in [3.05, 3.63) is 0 Å². The number of carbonyl (C=O) groups is 2. The van der Waals surface area contributed by atoms with Crippen molar-refractivity contribution in [1.82, 2.24) is 10.6 Å². The van der Waals surface area contributed by atoms with Crippen molar-refractivity contribution in [2.45, 2.75) is 39.5 Å². The van der Waals surface area contributed by atoms with Gasteiger partial charge in [0, 0.05) is 24.9 Å². The SMILES string of the molecule is CCCCNC(=O)OCC#C[N+]12CC[N+](C#CCOC(=O)NCCCC)(CC1)CC2. The van der Waals surface area contributed by atoms with E-state index in [1.165, 1.54) is 0 Å². The molecule has 2 bridgehead atoms. The summed E-state index contributed by atoms with van der Waals surface area (Å²) in [7, 11) is 0. The number of rotatable bonds is 8. The average Bonchev–Trinajstić information content (AvgIpc) is 2.76. The fourth-order valence-electron chi connectivity index (χ4n) is 3.59. The molecule has 2 amide bonds. The number of hydrogen-bond acceptors (Lipinski definition) is 4. The predicted molar refractivity (Wildman–Crippen MR) is 114 cm³/mol. The third-order valence-electron chi connectivity index (χ3n) is 5.65. The molecule has 3 aliphatic heterocycles. The van der Waals surface area contributed by atoms with Gasteiger partial charge in [-0.25, -0.2) is 18.6 Å². The molecule has 0 aromatic carbocycles. The molecule has 0 aromatic rings. The average molecular weight is 421 g/mol. The van der Waals surface area contributed by atoms with E-state index in [1.807, 2.05) is 0 Å². The highest BCUT2D eigenvalue weighted by molar-refractivity contribution is 5.67. The molecule has 8 heteroatoms. The molecule has 0 aromatic heterocycles. The van der Waals surface area contributed by atoms with Gasteiger partial charge in [-0.05, 0) is 12.8 Å². The quantitative estimate of drug-likeness (QED) is 0.355. The molecule has 2 N–H and O–H groups in total. The molecule has 3 rings (SSSR count). The molecule has 3 heterocycles. The summed E-state index contributed by atoms with van der Waals surface area (Å²) in [5.41, 5.74) is 0. The van der Waals surface area contributed by atoms with Crippen LogP contribution in [0.1, 0.15) is 39.5 Å². The maximum atomic E-state index is 11.5. The first kappa shape index (κ1) is 23.9. The molecule has 0 unspecified atom stereocenters. The maximum absolute atomic E-state index is 11.5. The van der Waals surface area contributed by atoms with Gasteiger partial charge in [0.05, 0.1) is 0 Å². The highest BCUT2D eigenvalue weighted by atomic mass is 16.6. The van der Waals surface area contributed by atoms with E-state index in [1.54, 1.807) is 0 Å². The van der Waals surface area contributed by atoms with E-state index in [0.717, 1.165) is 73.9 Å². The molecule has 8 nitrogen and oxygen atoms in total. The summed E-state index contributed by atoms with van der Waals surface area (Å²) in [6.45, 7) is 11.3. The van der Waals surface area contributed by atoms with Crippen LogP contribution in [-0.2, 0) is 9.47 Å². The molecule has 3 fully saturated rings. The van der Waals surface area contributed by atoms with Crippen LogP contribution in [0.3, 0.4) is 0 Å². The minimum Gasteiger partial charge on any atom is -0.436 e. The lowest BCUT2D eigenvalue weighted by Crippen LogP contribution is -2.71. The zero-order chi connectivity index (χ0) is 21.7. The van der Waals surface area contributed by atoms with Crippen LogP contribution in [0.2, 0.25) is 0 Å². The zero-order valence-electron chi connectivity index (χ0n) is 18.4. The number of fused-ring (bicyclic) bond motifs is 3.